The van der Waals surface area contributed by atoms with Gasteiger partial charge in [-0.1, -0.05) is 30.3 Å². The number of benzene rings is 2. The molecule has 0 bridgehead atoms. The number of carbonyl (C=O) groups is 1. The summed E-state index contributed by atoms with van der Waals surface area (Å²) in [6, 6.07) is 16.7. The third-order valence-electron chi connectivity index (χ3n) is 3.63. The molecule has 0 atom stereocenters. The molecule has 1 heterocycles. The van der Waals surface area contributed by atoms with Gasteiger partial charge in [-0.15, -0.1) is 11.8 Å². The van der Waals surface area contributed by atoms with Crippen molar-refractivity contribution < 1.29 is 4.79 Å². The number of hydrogen-bond donors (Lipinski definition) is 0. The zero-order valence-electron chi connectivity index (χ0n) is 12.0. The van der Waals surface area contributed by atoms with Gasteiger partial charge in [-0.3, -0.25) is 4.79 Å². The number of carbonyl (C=O) groups excluding carboxylic acids is 1. The van der Waals surface area contributed by atoms with Crippen LogP contribution in [0.1, 0.15) is 6.42 Å². The quantitative estimate of drug-likeness (QED) is 0.784. The highest BCUT2D eigenvalue weighted by molar-refractivity contribution is 7.98. The Bertz CT molecular complexity index is 676. The Labute approximate surface area is 129 Å². The zero-order chi connectivity index (χ0) is 14.7. The first-order chi connectivity index (χ1) is 10.3. The van der Waals surface area contributed by atoms with Crippen LogP contribution < -0.4 is 4.90 Å². The normalized spacial score (nSPS) is 14.5. The minimum absolute atomic E-state index is 0.0679. The van der Waals surface area contributed by atoms with E-state index in [1.807, 2.05) is 23.1 Å². The lowest BCUT2D eigenvalue weighted by Crippen LogP contribution is -2.32. The van der Waals surface area contributed by atoms with Gasteiger partial charge in [0, 0.05) is 17.1 Å². The summed E-state index contributed by atoms with van der Waals surface area (Å²) in [5.74, 6) is 0.0679. The molecule has 0 spiro atoms. The van der Waals surface area contributed by atoms with Gasteiger partial charge in [-0.25, -0.2) is 0 Å². The fraction of sp³-hybridized carbons (Fsp3) is 0.167. The van der Waals surface area contributed by atoms with E-state index in [9.17, 15) is 4.79 Å². The minimum atomic E-state index is 0.0679. The summed E-state index contributed by atoms with van der Waals surface area (Å²) in [7, 11) is 0. The molecule has 0 aliphatic carbocycles. The topological polar surface area (TPSA) is 20.3 Å². The van der Waals surface area contributed by atoms with Crippen molar-refractivity contribution in [2.45, 2.75) is 11.3 Å². The van der Waals surface area contributed by atoms with Crippen LogP contribution in [0.2, 0.25) is 0 Å². The summed E-state index contributed by atoms with van der Waals surface area (Å²) < 4.78 is 0. The molecule has 3 heteroatoms. The van der Waals surface area contributed by atoms with E-state index in [0.29, 0.717) is 0 Å². The van der Waals surface area contributed by atoms with Crippen LogP contribution in [0, 0.1) is 0 Å². The minimum Gasteiger partial charge on any atom is -0.309 e. The van der Waals surface area contributed by atoms with Crippen LogP contribution in [-0.2, 0) is 4.79 Å². The maximum absolute atomic E-state index is 11.9. The zero-order valence-corrected chi connectivity index (χ0v) is 12.8. The van der Waals surface area contributed by atoms with Gasteiger partial charge in [-0.2, -0.15) is 0 Å². The second-order valence-electron chi connectivity index (χ2n) is 4.96. The molecule has 3 rings (SSSR count). The largest absolute Gasteiger partial charge is 0.309 e. The summed E-state index contributed by atoms with van der Waals surface area (Å²) in [5.41, 5.74) is 3.35. The fourth-order valence-corrected chi connectivity index (χ4v) is 2.94. The Balaban J connectivity index is 1.86. The first kappa shape index (κ1) is 14.0. The maximum atomic E-state index is 11.9. The number of amides is 1. The molecule has 21 heavy (non-hydrogen) atoms. The maximum Gasteiger partial charge on any atom is 0.250 e. The molecular formula is C18H17NOS. The van der Waals surface area contributed by atoms with Gasteiger partial charge >= 0.3 is 0 Å². The molecule has 0 saturated carbocycles. The van der Waals surface area contributed by atoms with Gasteiger partial charge in [0.25, 0.3) is 5.91 Å². The molecule has 0 N–H and O–H groups in total. The van der Waals surface area contributed by atoms with Crippen molar-refractivity contribution in [3.05, 3.63) is 60.7 Å². The van der Waals surface area contributed by atoms with Gasteiger partial charge in [0.15, 0.2) is 0 Å². The van der Waals surface area contributed by atoms with E-state index < -0.39 is 0 Å². The van der Waals surface area contributed by atoms with Gasteiger partial charge in [0.2, 0.25) is 0 Å². The van der Waals surface area contributed by atoms with E-state index >= 15 is 0 Å². The highest BCUT2D eigenvalue weighted by Gasteiger charge is 2.15. The first-order valence-electron chi connectivity index (χ1n) is 7.00. The molecule has 1 amide bonds. The predicted octanol–water partition coefficient (Wildman–Crippen LogP) is 4.37. The molecule has 106 valence electrons. The molecule has 2 nitrogen and oxygen atoms in total. The summed E-state index contributed by atoms with van der Waals surface area (Å²) >= 11 is 1.74. The monoisotopic (exact) mass is 295 g/mol. The summed E-state index contributed by atoms with van der Waals surface area (Å²) in [5, 5.41) is 0. The van der Waals surface area contributed by atoms with Crippen molar-refractivity contribution in [1.29, 1.82) is 0 Å². The number of thioether (sulfide) groups is 1. The van der Waals surface area contributed by atoms with Crippen molar-refractivity contribution >= 4 is 23.4 Å². The van der Waals surface area contributed by atoms with Crippen LogP contribution in [-0.4, -0.2) is 18.7 Å². The van der Waals surface area contributed by atoms with Crippen molar-refractivity contribution in [1.82, 2.24) is 0 Å². The molecule has 0 fully saturated rings. The molecule has 1 aliphatic rings. The number of nitrogens with zero attached hydrogens (tertiary/aromatic N) is 1. The summed E-state index contributed by atoms with van der Waals surface area (Å²) in [6.07, 6.45) is 6.58. The van der Waals surface area contributed by atoms with Crippen molar-refractivity contribution in [2.24, 2.45) is 0 Å². The van der Waals surface area contributed by atoms with Gasteiger partial charge < -0.3 is 4.90 Å². The Kier molecular flexibility index (Phi) is 4.11. The SMILES string of the molecule is CSc1cccc(-c2ccc(N3CCC=CC3=O)cc2)c1. The second kappa shape index (κ2) is 6.19. The van der Waals surface area contributed by atoms with E-state index in [2.05, 4.69) is 42.7 Å². The van der Waals surface area contributed by atoms with Crippen LogP contribution in [0.25, 0.3) is 11.1 Å². The Morgan fingerprint density at radius 3 is 2.57 bits per heavy atom. The number of rotatable bonds is 3. The molecule has 1 aliphatic heterocycles. The standard InChI is InChI=1S/C18H17NOS/c1-21-17-6-4-5-15(13-17)14-8-10-16(11-9-14)19-12-3-2-7-18(19)20/h2,4-11,13H,3,12H2,1H3. The first-order valence-corrected chi connectivity index (χ1v) is 8.23. The second-order valence-corrected chi connectivity index (χ2v) is 5.84. The molecule has 0 saturated heterocycles. The molecule has 0 unspecified atom stereocenters. The van der Waals surface area contributed by atoms with Crippen LogP contribution in [0.4, 0.5) is 5.69 Å². The van der Waals surface area contributed by atoms with Crippen LogP contribution >= 0.6 is 11.8 Å². The smallest absolute Gasteiger partial charge is 0.250 e. The van der Waals surface area contributed by atoms with Crippen LogP contribution in [0.5, 0.6) is 0 Å². The van der Waals surface area contributed by atoms with E-state index in [1.54, 1.807) is 17.8 Å². The lowest BCUT2D eigenvalue weighted by molar-refractivity contribution is -0.114. The summed E-state index contributed by atoms with van der Waals surface area (Å²) in [6.45, 7) is 0.761. The molecular weight excluding hydrogens is 278 g/mol. The molecule has 2 aromatic rings. The average Bonchev–Trinajstić information content (AvgIpc) is 2.56. The number of hydrogen-bond acceptors (Lipinski definition) is 2. The van der Waals surface area contributed by atoms with Gasteiger partial charge in [0.05, 0.1) is 0 Å². The molecule has 0 radical (unpaired) electrons. The van der Waals surface area contributed by atoms with E-state index in [0.717, 1.165) is 18.7 Å². The Morgan fingerprint density at radius 1 is 1.05 bits per heavy atom. The highest BCUT2D eigenvalue weighted by atomic mass is 32.2. The van der Waals surface area contributed by atoms with Crippen LogP contribution in [0.15, 0.2) is 65.6 Å². The van der Waals surface area contributed by atoms with Gasteiger partial charge in [-0.05, 0) is 54.1 Å². The Hall–Kier alpha value is -2.00. The predicted molar refractivity (Wildman–Crippen MR) is 89.8 cm³/mol. The third kappa shape index (κ3) is 3.03. The van der Waals surface area contributed by atoms with Crippen molar-refractivity contribution in [2.75, 3.05) is 17.7 Å². The number of anilines is 1. The lowest BCUT2D eigenvalue weighted by Gasteiger charge is -2.23. The average molecular weight is 295 g/mol. The van der Waals surface area contributed by atoms with Gasteiger partial charge in [0.1, 0.15) is 0 Å². The lowest BCUT2D eigenvalue weighted by atomic mass is 10.0. The van der Waals surface area contributed by atoms with E-state index in [1.165, 1.54) is 16.0 Å². The molecule has 2 aromatic carbocycles. The molecule has 0 aromatic heterocycles. The third-order valence-corrected chi connectivity index (χ3v) is 4.35. The van der Waals surface area contributed by atoms with Crippen LogP contribution in [0.3, 0.4) is 0 Å². The summed E-state index contributed by atoms with van der Waals surface area (Å²) in [4.78, 5) is 14.9. The van der Waals surface area contributed by atoms with E-state index in [-0.39, 0.29) is 5.91 Å². The Morgan fingerprint density at radius 2 is 1.86 bits per heavy atom. The fourth-order valence-electron chi connectivity index (χ4n) is 2.48. The van der Waals surface area contributed by atoms with Crippen molar-refractivity contribution in [3.63, 3.8) is 0 Å². The highest BCUT2D eigenvalue weighted by Crippen LogP contribution is 2.27. The van der Waals surface area contributed by atoms with E-state index in [4.69, 9.17) is 0 Å². The van der Waals surface area contributed by atoms with Crippen molar-refractivity contribution in [3.8, 4) is 11.1 Å².